The summed E-state index contributed by atoms with van der Waals surface area (Å²) in [5, 5.41) is 12.7. The summed E-state index contributed by atoms with van der Waals surface area (Å²) in [6.07, 6.45) is 3.78. The fourth-order valence-corrected chi connectivity index (χ4v) is 20.6. The van der Waals surface area contributed by atoms with Crippen molar-refractivity contribution in [2.45, 2.75) is 0 Å². The lowest BCUT2D eigenvalue weighted by Gasteiger charge is -2.40. The van der Waals surface area contributed by atoms with Crippen molar-refractivity contribution in [3.63, 3.8) is 0 Å². The van der Waals surface area contributed by atoms with Crippen LogP contribution in [0.15, 0.2) is 249 Å². The fraction of sp³-hybridized carbons (Fsp3) is 0. The zero-order valence-corrected chi connectivity index (χ0v) is 36.9. The molecule has 0 saturated heterocycles. The molecule has 0 N–H and O–H groups in total. The highest BCUT2D eigenvalue weighted by atomic mass is 28.3. The van der Waals surface area contributed by atoms with Crippen molar-refractivity contribution in [2.75, 3.05) is 0 Å². The third-order valence-corrected chi connectivity index (χ3v) is 22.8. The first-order chi connectivity index (χ1) is 31.8. The van der Waals surface area contributed by atoms with Crippen LogP contribution in [-0.2, 0) is 0 Å². The van der Waals surface area contributed by atoms with Gasteiger partial charge in [-0.2, -0.15) is 0 Å². The second kappa shape index (κ2) is 15.5. The van der Waals surface area contributed by atoms with Gasteiger partial charge in [0, 0.05) is 33.9 Å². The lowest BCUT2D eigenvalue weighted by Crippen LogP contribution is -2.76. The third kappa shape index (κ3) is 5.73. The Hall–Kier alpha value is -7.91. The van der Waals surface area contributed by atoms with E-state index in [4.69, 9.17) is 14.7 Å². The molecule has 6 heteroatoms. The highest BCUT2D eigenvalue weighted by molar-refractivity contribution is 7.22. The van der Waals surface area contributed by atoms with Crippen LogP contribution in [0.4, 0.5) is 0 Å². The van der Waals surface area contributed by atoms with E-state index in [9.17, 15) is 0 Å². The van der Waals surface area contributed by atoms with E-state index >= 15 is 0 Å². The molecule has 0 unspecified atom stereocenters. The molecule has 4 heterocycles. The summed E-state index contributed by atoms with van der Waals surface area (Å²) in [5.41, 5.74) is 4.25. The van der Waals surface area contributed by atoms with Crippen molar-refractivity contribution < 1.29 is 4.74 Å². The van der Waals surface area contributed by atoms with Crippen LogP contribution in [0.2, 0.25) is 0 Å². The lowest BCUT2D eigenvalue weighted by molar-refractivity contribution is 0.487. The first kappa shape index (κ1) is 37.8. The number of para-hydroxylation sites is 1. The van der Waals surface area contributed by atoms with Crippen LogP contribution in [0.5, 0.6) is 11.5 Å². The van der Waals surface area contributed by atoms with E-state index in [1.165, 1.54) is 52.3 Å². The molecule has 3 aromatic heterocycles. The van der Waals surface area contributed by atoms with Crippen molar-refractivity contribution in [2.24, 2.45) is 0 Å². The largest absolute Gasteiger partial charge is 0.458 e. The second-order valence-corrected chi connectivity index (χ2v) is 23.9. The summed E-state index contributed by atoms with van der Waals surface area (Å²) >= 11 is 0. The smallest absolute Gasteiger partial charge is 0.189 e. The molecular weight excluding hydrogens is 811 g/mol. The van der Waals surface area contributed by atoms with Gasteiger partial charge < -0.3 is 4.74 Å². The van der Waals surface area contributed by atoms with Gasteiger partial charge >= 0.3 is 0 Å². The average molecular weight is 852 g/mol. The summed E-state index contributed by atoms with van der Waals surface area (Å²) in [5.74, 6) is 2.68. The number of pyridine rings is 2. The van der Waals surface area contributed by atoms with E-state index in [0.29, 0.717) is 0 Å². The topological polar surface area (TPSA) is 39.9 Å². The molecule has 0 amide bonds. The van der Waals surface area contributed by atoms with E-state index in [2.05, 4.69) is 229 Å². The minimum atomic E-state index is -3.05. The summed E-state index contributed by atoms with van der Waals surface area (Å²) in [6.45, 7) is 0. The van der Waals surface area contributed by atoms with Crippen LogP contribution >= 0.6 is 0 Å². The Morgan fingerprint density at radius 2 is 1.02 bits per heavy atom. The number of fused-ring (bicyclic) bond motifs is 6. The molecule has 4 nitrogen and oxygen atoms in total. The minimum Gasteiger partial charge on any atom is -0.458 e. The maximum Gasteiger partial charge on any atom is 0.189 e. The van der Waals surface area contributed by atoms with Gasteiger partial charge in [0.05, 0.1) is 16.7 Å². The molecule has 0 aliphatic carbocycles. The highest BCUT2D eigenvalue weighted by Gasteiger charge is 2.50. The number of aromatic nitrogens is 3. The SMILES string of the molecule is c1ccc([Si](c2ccccc2)(c2cccc(-c3ccccn3)c2)c2ccc3c4c5c(ccc4n(-c4ccccn4)c3c2)Oc2ccccc2[Si]5(c2ccccc2)c2ccccc2)cc1. The van der Waals surface area contributed by atoms with Gasteiger partial charge in [-0.1, -0.05) is 188 Å². The van der Waals surface area contributed by atoms with Crippen molar-refractivity contribution in [1.82, 2.24) is 14.5 Å². The number of hydrogen-bond acceptors (Lipinski definition) is 3. The van der Waals surface area contributed by atoms with Crippen LogP contribution in [0.1, 0.15) is 0 Å². The van der Waals surface area contributed by atoms with E-state index < -0.39 is 16.1 Å². The van der Waals surface area contributed by atoms with Crippen molar-refractivity contribution in [3.8, 4) is 28.6 Å². The zero-order valence-electron chi connectivity index (χ0n) is 34.9. The Bertz CT molecular complexity index is 3380. The van der Waals surface area contributed by atoms with E-state index in [1.54, 1.807) is 0 Å². The van der Waals surface area contributed by atoms with Gasteiger partial charge in [0.15, 0.2) is 16.1 Å². The number of ether oxygens (including phenoxy) is 1. The van der Waals surface area contributed by atoms with E-state index in [1.807, 2.05) is 24.5 Å². The van der Waals surface area contributed by atoms with Gasteiger partial charge in [-0.25, -0.2) is 4.98 Å². The van der Waals surface area contributed by atoms with Crippen LogP contribution in [0, 0.1) is 0 Å². The predicted molar refractivity (Wildman–Crippen MR) is 269 cm³/mol. The summed E-state index contributed by atoms with van der Waals surface area (Å²) in [7, 11) is -6.09. The van der Waals surface area contributed by atoms with E-state index in [0.717, 1.165) is 39.6 Å². The quantitative estimate of drug-likeness (QED) is 0.115. The maximum absolute atomic E-state index is 7.06. The Morgan fingerprint density at radius 1 is 0.422 bits per heavy atom. The van der Waals surface area contributed by atoms with Crippen LogP contribution < -0.4 is 46.2 Å². The van der Waals surface area contributed by atoms with Crippen molar-refractivity contribution in [3.05, 3.63) is 249 Å². The molecule has 0 atom stereocenters. The second-order valence-electron chi connectivity index (χ2n) is 16.4. The molecule has 1 aliphatic rings. The summed E-state index contributed by atoms with van der Waals surface area (Å²) < 4.78 is 9.45. The highest BCUT2D eigenvalue weighted by Crippen LogP contribution is 2.38. The van der Waals surface area contributed by atoms with Crippen molar-refractivity contribution >= 4 is 79.4 Å². The lowest BCUT2D eigenvalue weighted by atomic mass is 10.1. The Labute approximate surface area is 374 Å². The first-order valence-corrected chi connectivity index (χ1v) is 25.8. The normalized spacial score (nSPS) is 12.9. The third-order valence-electron chi connectivity index (χ3n) is 13.2. The molecule has 64 heavy (non-hydrogen) atoms. The van der Waals surface area contributed by atoms with E-state index in [-0.39, 0.29) is 0 Å². The van der Waals surface area contributed by atoms with Gasteiger partial charge in [0.1, 0.15) is 17.3 Å². The molecule has 302 valence electrons. The molecule has 11 aromatic rings. The summed E-state index contributed by atoms with van der Waals surface area (Å²) in [4.78, 5) is 9.88. The van der Waals surface area contributed by atoms with Crippen LogP contribution in [0.25, 0.3) is 38.9 Å². The van der Waals surface area contributed by atoms with Gasteiger partial charge in [-0.15, -0.1) is 0 Å². The molecule has 0 saturated carbocycles. The van der Waals surface area contributed by atoms with Crippen LogP contribution in [0.3, 0.4) is 0 Å². The number of benzene rings is 8. The predicted octanol–water partition coefficient (Wildman–Crippen LogP) is 8.10. The van der Waals surface area contributed by atoms with Gasteiger partial charge in [0.25, 0.3) is 0 Å². The molecule has 12 rings (SSSR count). The Balaban J connectivity index is 1.24. The standard InChI is InChI=1S/C58H41N3OSi2/c1-5-21-43(22-6-1)63(44-23-7-2-8-24-44,47-29-19-20-42(40-47)50-30-15-17-38-59-50)48-34-35-49-52(41-48)61(56-33-16-18-39-60-56)51-36-37-54-58(57(49)51)64(45-25-9-3-10-26-45,46-27-11-4-12-28-46)55-32-14-13-31-53(55)62-54/h1-41H. The Kier molecular flexibility index (Phi) is 9.14. The fourth-order valence-electron chi connectivity index (χ4n) is 10.6. The molecule has 1 aliphatic heterocycles. The minimum absolute atomic E-state index is 0.868. The maximum atomic E-state index is 7.06. The number of nitrogens with zero attached hydrogens (tertiary/aromatic N) is 3. The van der Waals surface area contributed by atoms with Gasteiger partial charge in [-0.3, -0.25) is 9.55 Å². The molecule has 0 bridgehead atoms. The monoisotopic (exact) mass is 851 g/mol. The molecule has 0 radical (unpaired) electrons. The number of hydrogen-bond donors (Lipinski definition) is 0. The molecule has 8 aromatic carbocycles. The van der Waals surface area contributed by atoms with Crippen LogP contribution in [-0.4, -0.2) is 30.7 Å². The zero-order chi connectivity index (χ0) is 42.5. The van der Waals surface area contributed by atoms with Gasteiger partial charge in [0.2, 0.25) is 0 Å². The molecule has 0 spiro atoms. The Morgan fingerprint density at radius 3 is 1.67 bits per heavy atom. The van der Waals surface area contributed by atoms with Gasteiger partial charge in [-0.05, 0) is 84.8 Å². The first-order valence-electron chi connectivity index (χ1n) is 21.8. The molecule has 0 fully saturated rings. The number of rotatable bonds is 8. The average Bonchev–Trinajstić information content (AvgIpc) is 3.71. The molecular formula is C58H41N3OSi2. The summed E-state index contributed by atoms with van der Waals surface area (Å²) in [6, 6.07) is 86.6. The van der Waals surface area contributed by atoms with Crippen molar-refractivity contribution in [1.29, 1.82) is 0 Å².